The van der Waals surface area contributed by atoms with Crippen molar-refractivity contribution in [3.05, 3.63) is 16.9 Å². The molecule has 5 heteroatoms. The average Bonchev–Trinajstić information content (AvgIpc) is 1.69. The van der Waals surface area contributed by atoms with Crippen molar-refractivity contribution in [1.29, 1.82) is 0 Å². The summed E-state index contributed by atoms with van der Waals surface area (Å²) < 4.78 is 4.95. The second-order valence-electron chi connectivity index (χ2n) is 1.51. The van der Waals surface area contributed by atoms with Gasteiger partial charge >= 0.3 is 0 Å². The van der Waals surface area contributed by atoms with Crippen molar-refractivity contribution in [2.24, 2.45) is 0 Å². The van der Waals surface area contributed by atoms with Gasteiger partial charge in [-0.15, -0.1) is 0 Å². The molecule has 0 bridgehead atoms. The molecular formula is C5H7OSY3-. The molecule has 0 aromatic carbocycles. The van der Waals surface area contributed by atoms with E-state index in [1.807, 2.05) is 0 Å². The van der Waals surface area contributed by atoms with Crippen molar-refractivity contribution in [3.63, 3.8) is 0 Å². The van der Waals surface area contributed by atoms with Crippen molar-refractivity contribution in [2.45, 2.75) is 6.92 Å². The summed E-state index contributed by atoms with van der Waals surface area (Å²) in [7, 11) is 0. The van der Waals surface area contributed by atoms with Gasteiger partial charge in [0.15, 0.2) is 0 Å². The Morgan fingerprint density at radius 1 is 1.50 bits per heavy atom. The third-order valence-corrected chi connectivity index (χ3v) is 1.49. The summed E-state index contributed by atoms with van der Waals surface area (Å²) in [5, 5.41) is 2.09. The SMILES string of the molecule is CC1=CS[CH-]OC1.[Y].[Y].[Y]. The van der Waals surface area contributed by atoms with Gasteiger partial charge in [0.1, 0.15) is 0 Å². The quantitative estimate of drug-likeness (QED) is 0.591. The third kappa shape index (κ3) is 9.45. The van der Waals surface area contributed by atoms with Gasteiger partial charge in [-0.2, -0.15) is 5.94 Å². The van der Waals surface area contributed by atoms with E-state index in [2.05, 4.69) is 12.3 Å². The molecule has 1 heterocycles. The first-order chi connectivity index (χ1) is 3.39. The van der Waals surface area contributed by atoms with Gasteiger partial charge in [0.25, 0.3) is 0 Å². The van der Waals surface area contributed by atoms with Gasteiger partial charge in [0, 0.05) is 105 Å². The smallest absolute Gasteiger partial charge is 0.0345 e. The second kappa shape index (κ2) is 12.4. The van der Waals surface area contributed by atoms with Gasteiger partial charge in [-0.3, -0.25) is 11.8 Å². The average molecular weight is 382 g/mol. The normalized spacial score (nSPS) is 15.1. The van der Waals surface area contributed by atoms with Crippen LogP contribution in [0.2, 0.25) is 0 Å². The minimum atomic E-state index is 0. The molecule has 1 aliphatic heterocycles. The first-order valence-corrected chi connectivity index (χ1v) is 3.08. The third-order valence-electron chi connectivity index (χ3n) is 0.704. The summed E-state index contributed by atoms with van der Waals surface area (Å²) in [6, 6.07) is 0. The molecule has 0 saturated carbocycles. The monoisotopic (exact) mass is 382 g/mol. The number of thioether (sulfide) groups is 1. The van der Waals surface area contributed by atoms with Crippen LogP contribution < -0.4 is 0 Å². The van der Waals surface area contributed by atoms with Crippen LogP contribution in [-0.2, 0) is 103 Å². The summed E-state index contributed by atoms with van der Waals surface area (Å²) in [4.78, 5) is 0. The van der Waals surface area contributed by atoms with E-state index in [0.717, 1.165) is 6.61 Å². The fourth-order valence-corrected chi connectivity index (χ4v) is 0.885. The fraction of sp³-hybridized carbons (Fsp3) is 0.400. The van der Waals surface area contributed by atoms with E-state index in [-0.39, 0.29) is 98.1 Å². The van der Waals surface area contributed by atoms with Gasteiger partial charge in [0.2, 0.25) is 0 Å². The van der Waals surface area contributed by atoms with Crippen molar-refractivity contribution >= 4 is 11.8 Å². The Morgan fingerprint density at radius 3 is 2.30 bits per heavy atom. The Hall–Kier alpha value is 3.36. The van der Waals surface area contributed by atoms with Crippen molar-refractivity contribution in [3.8, 4) is 0 Å². The molecular weight excluding hydrogens is 375 g/mol. The summed E-state index contributed by atoms with van der Waals surface area (Å²) in [5.41, 5.74) is 1.30. The molecule has 0 aromatic heterocycles. The van der Waals surface area contributed by atoms with Crippen molar-refractivity contribution in [2.75, 3.05) is 6.61 Å². The molecule has 0 aliphatic carbocycles. The van der Waals surface area contributed by atoms with Crippen LogP contribution in [-0.4, -0.2) is 6.61 Å². The summed E-state index contributed by atoms with van der Waals surface area (Å²) in [6.07, 6.45) is 0. The number of ether oxygens (including phenoxy) is 1. The number of rotatable bonds is 0. The van der Waals surface area contributed by atoms with Crippen LogP contribution >= 0.6 is 11.8 Å². The maximum Gasteiger partial charge on any atom is 0.0345 e. The van der Waals surface area contributed by atoms with E-state index in [4.69, 9.17) is 4.74 Å². The van der Waals surface area contributed by atoms with Crippen LogP contribution in [0.4, 0.5) is 0 Å². The summed E-state index contributed by atoms with van der Waals surface area (Å²) in [5.74, 6) is 1.74. The van der Waals surface area contributed by atoms with Crippen LogP contribution in [0.15, 0.2) is 11.0 Å². The minimum absolute atomic E-state index is 0. The van der Waals surface area contributed by atoms with Gasteiger partial charge in [-0.1, -0.05) is 5.41 Å². The standard InChI is InChI=1S/C5H7OS.3Y/c1-5-2-6-4-7-3-5;;;/h3-4H,2H2,1H3;;;/q-1;;;. The van der Waals surface area contributed by atoms with Crippen LogP contribution in [0.5, 0.6) is 0 Å². The summed E-state index contributed by atoms with van der Waals surface area (Å²) >= 11 is 1.59. The maximum atomic E-state index is 4.95. The molecule has 3 radical (unpaired) electrons. The van der Waals surface area contributed by atoms with E-state index < -0.39 is 0 Å². The summed E-state index contributed by atoms with van der Waals surface area (Å²) in [6.45, 7) is 2.83. The Kier molecular flexibility index (Phi) is 23.5. The predicted octanol–water partition coefficient (Wildman–Crippen LogP) is 1.77. The molecule has 0 atom stereocenters. The maximum absolute atomic E-state index is 4.95. The Labute approximate surface area is 142 Å². The van der Waals surface area contributed by atoms with E-state index >= 15 is 0 Å². The topological polar surface area (TPSA) is 9.23 Å². The van der Waals surface area contributed by atoms with Gasteiger partial charge in [-0.25, -0.2) is 0 Å². The van der Waals surface area contributed by atoms with Gasteiger partial charge in [-0.05, 0) is 12.5 Å². The van der Waals surface area contributed by atoms with E-state index in [9.17, 15) is 0 Å². The van der Waals surface area contributed by atoms with Crippen LogP contribution in [0.25, 0.3) is 0 Å². The Balaban J connectivity index is -0.000000163. The van der Waals surface area contributed by atoms with Crippen LogP contribution in [0.1, 0.15) is 6.92 Å². The zero-order valence-corrected chi connectivity index (χ0v) is 15.2. The van der Waals surface area contributed by atoms with Gasteiger partial charge < -0.3 is 4.74 Å². The first kappa shape index (κ1) is 19.0. The number of hydrogen-bond acceptors (Lipinski definition) is 2. The Morgan fingerprint density at radius 2 is 2.10 bits per heavy atom. The molecule has 1 nitrogen and oxygen atoms in total. The van der Waals surface area contributed by atoms with Gasteiger partial charge in [0.05, 0.1) is 0 Å². The molecule has 1 rings (SSSR count). The molecule has 49 valence electrons. The van der Waals surface area contributed by atoms with Crippen molar-refractivity contribution in [1.82, 2.24) is 0 Å². The van der Waals surface area contributed by atoms with Crippen LogP contribution in [0, 0.1) is 5.94 Å². The molecule has 0 aromatic rings. The zero-order chi connectivity index (χ0) is 5.11. The van der Waals surface area contributed by atoms with Crippen molar-refractivity contribution < 1.29 is 103 Å². The molecule has 0 amide bonds. The predicted molar refractivity (Wildman–Crippen MR) is 31.6 cm³/mol. The van der Waals surface area contributed by atoms with Crippen LogP contribution in [0.3, 0.4) is 0 Å². The fourth-order valence-electron chi connectivity index (χ4n) is 0.383. The molecule has 0 saturated heterocycles. The molecule has 0 N–H and O–H groups in total. The van der Waals surface area contributed by atoms with E-state index in [1.54, 1.807) is 17.7 Å². The molecule has 0 fully saturated rings. The first-order valence-electron chi connectivity index (χ1n) is 2.14. The minimum Gasteiger partial charge on any atom is -0.538 e. The number of hydrogen-bond donors (Lipinski definition) is 0. The molecule has 0 unspecified atom stereocenters. The van der Waals surface area contributed by atoms with E-state index in [0.29, 0.717) is 0 Å². The Bertz CT molecular complexity index is 96.9. The van der Waals surface area contributed by atoms with E-state index in [1.165, 1.54) is 5.57 Å². The second-order valence-corrected chi connectivity index (χ2v) is 2.21. The molecule has 10 heavy (non-hydrogen) atoms. The molecule has 1 aliphatic rings. The molecule has 0 spiro atoms. The largest absolute Gasteiger partial charge is 0.538 e. The zero-order valence-electron chi connectivity index (χ0n) is 5.91.